The van der Waals surface area contributed by atoms with E-state index in [0.717, 1.165) is 16.5 Å². The van der Waals surface area contributed by atoms with Crippen LogP contribution in [0.25, 0.3) is 22.3 Å². The number of pyridine rings is 1. The SMILES string of the molecule is O=c1[nH]c(-c2cccc3cccnc23)ncc1Br. The molecule has 0 saturated heterocycles. The third-order valence-electron chi connectivity index (χ3n) is 2.64. The molecule has 1 aromatic carbocycles. The number of aromatic nitrogens is 3. The first-order chi connectivity index (χ1) is 8.75. The largest absolute Gasteiger partial charge is 0.305 e. The molecule has 3 rings (SSSR count). The van der Waals surface area contributed by atoms with Gasteiger partial charge < -0.3 is 4.98 Å². The van der Waals surface area contributed by atoms with E-state index in [4.69, 9.17) is 0 Å². The second-order valence-electron chi connectivity index (χ2n) is 3.79. The van der Waals surface area contributed by atoms with Gasteiger partial charge in [0.1, 0.15) is 10.3 Å². The number of halogens is 1. The van der Waals surface area contributed by atoms with E-state index in [1.165, 1.54) is 6.20 Å². The number of fused-ring (bicyclic) bond motifs is 1. The van der Waals surface area contributed by atoms with Crippen molar-refractivity contribution in [1.82, 2.24) is 15.0 Å². The number of nitrogens with one attached hydrogen (secondary N) is 1. The molecular weight excluding hydrogens is 294 g/mol. The predicted molar refractivity (Wildman–Crippen MR) is 73.3 cm³/mol. The van der Waals surface area contributed by atoms with E-state index in [-0.39, 0.29) is 5.56 Å². The highest BCUT2D eigenvalue weighted by Crippen LogP contribution is 2.23. The Hall–Kier alpha value is -2.01. The summed E-state index contributed by atoms with van der Waals surface area (Å²) in [6.07, 6.45) is 3.22. The lowest BCUT2D eigenvalue weighted by Crippen LogP contribution is -2.09. The number of H-pyrrole nitrogens is 1. The van der Waals surface area contributed by atoms with E-state index < -0.39 is 0 Å². The third kappa shape index (κ3) is 1.82. The highest BCUT2D eigenvalue weighted by atomic mass is 79.9. The summed E-state index contributed by atoms with van der Waals surface area (Å²) < 4.78 is 0.416. The van der Waals surface area contributed by atoms with Crippen LogP contribution in [-0.2, 0) is 0 Å². The first-order valence-corrected chi connectivity index (χ1v) is 6.14. The smallest absolute Gasteiger partial charge is 0.265 e. The van der Waals surface area contributed by atoms with Crippen LogP contribution in [0.5, 0.6) is 0 Å². The summed E-state index contributed by atoms with van der Waals surface area (Å²) in [6, 6.07) is 9.64. The van der Waals surface area contributed by atoms with Crippen LogP contribution >= 0.6 is 15.9 Å². The molecule has 0 saturated carbocycles. The molecule has 0 aliphatic rings. The Bertz CT molecular complexity index is 777. The molecule has 88 valence electrons. The Morgan fingerprint density at radius 3 is 2.78 bits per heavy atom. The molecule has 2 heterocycles. The normalized spacial score (nSPS) is 10.7. The lowest BCUT2D eigenvalue weighted by molar-refractivity contribution is 1.11. The van der Waals surface area contributed by atoms with Gasteiger partial charge in [-0.05, 0) is 28.1 Å². The summed E-state index contributed by atoms with van der Waals surface area (Å²) in [6.45, 7) is 0. The maximum Gasteiger partial charge on any atom is 0.265 e. The Morgan fingerprint density at radius 2 is 1.94 bits per heavy atom. The fourth-order valence-corrected chi connectivity index (χ4v) is 2.01. The molecule has 0 amide bonds. The minimum atomic E-state index is -0.201. The fraction of sp³-hybridized carbons (Fsp3) is 0. The van der Waals surface area contributed by atoms with Crippen LogP contribution in [-0.4, -0.2) is 15.0 Å². The zero-order valence-electron chi connectivity index (χ0n) is 9.22. The number of para-hydroxylation sites is 1. The third-order valence-corrected chi connectivity index (χ3v) is 3.21. The second-order valence-corrected chi connectivity index (χ2v) is 4.64. The summed E-state index contributed by atoms with van der Waals surface area (Å²) in [7, 11) is 0. The first-order valence-electron chi connectivity index (χ1n) is 5.34. The highest BCUT2D eigenvalue weighted by Gasteiger charge is 2.07. The van der Waals surface area contributed by atoms with Crippen LogP contribution in [0.15, 0.2) is 52.0 Å². The molecule has 3 aromatic rings. The second kappa shape index (κ2) is 4.34. The van der Waals surface area contributed by atoms with Crippen LogP contribution in [0, 0.1) is 0 Å². The molecule has 0 aliphatic heterocycles. The predicted octanol–water partition coefficient (Wildman–Crippen LogP) is 2.75. The Morgan fingerprint density at radius 1 is 1.11 bits per heavy atom. The van der Waals surface area contributed by atoms with Crippen molar-refractivity contribution in [2.45, 2.75) is 0 Å². The van der Waals surface area contributed by atoms with E-state index in [1.54, 1.807) is 6.20 Å². The summed E-state index contributed by atoms with van der Waals surface area (Å²) in [4.78, 5) is 22.9. The average molecular weight is 302 g/mol. The lowest BCUT2D eigenvalue weighted by Gasteiger charge is -2.04. The van der Waals surface area contributed by atoms with E-state index in [9.17, 15) is 4.79 Å². The van der Waals surface area contributed by atoms with Crippen LogP contribution < -0.4 is 5.56 Å². The van der Waals surface area contributed by atoms with Crippen molar-refractivity contribution < 1.29 is 0 Å². The van der Waals surface area contributed by atoms with Crippen molar-refractivity contribution in [3.8, 4) is 11.4 Å². The summed E-state index contributed by atoms with van der Waals surface area (Å²) in [5.41, 5.74) is 1.44. The van der Waals surface area contributed by atoms with Gasteiger partial charge in [0.2, 0.25) is 0 Å². The van der Waals surface area contributed by atoms with E-state index in [1.807, 2.05) is 30.3 Å². The molecule has 4 nitrogen and oxygen atoms in total. The van der Waals surface area contributed by atoms with Crippen LogP contribution in [0.2, 0.25) is 0 Å². The molecule has 0 spiro atoms. The standard InChI is InChI=1S/C13H8BrN3O/c14-10-7-16-12(17-13(10)18)9-5-1-3-8-4-2-6-15-11(8)9/h1-7H,(H,16,17,18). The van der Waals surface area contributed by atoms with E-state index in [0.29, 0.717) is 10.3 Å². The molecular formula is C13H8BrN3O. The Labute approximate surface area is 111 Å². The maximum atomic E-state index is 11.6. The Balaban J connectivity index is 2.31. The van der Waals surface area contributed by atoms with Gasteiger partial charge in [0, 0.05) is 23.3 Å². The number of aromatic amines is 1. The molecule has 5 heteroatoms. The minimum Gasteiger partial charge on any atom is -0.305 e. The van der Waals surface area contributed by atoms with Crippen LogP contribution in [0.4, 0.5) is 0 Å². The fourth-order valence-electron chi connectivity index (χ4n) is 1.81. The van der Waals surface area contributed by atoms with Gasteiger partial charge in [-0.3, -0.25) is 9.78 Å². The van der Waals surface area contributed by atoms with Gasteiger partial charge >= 0.3 is 0 Å². The molecule has 1 N–H and O–H groups in total. The number of benzene rings is 1. The van der Waals surface area contributed by atoms with Gasteiger partial charge in [0.05, 0.1) is 5.52 Å². The monoisotopic (exact) mass is 301 g/mol. The molecule has 0 fully saturated rings. The number of nitrogens with zero attached hydrogens (tertiary/aromatic N) is 2. The zero-order chi connectivity index (χ0) is 12.5. The lowest BCUT2D eigenvalue weighted by atomic mass is 10.1. The van der Waals surface area contributed by atoms with Gasteiger partial charge in [-0.1, -0.05) is 18.2 Å². The average Bonchev–Trinajstić information content (AvgIpc) is 2.41. The van der Waals surface area contributed by atoms with Crippen molar-refractivity contribution in [2.24, 2.45) is 0 Å². The molecule has 0 bridgehead atoms. The van der Waals surface area contributed by atoms with Gasteiger partial charge in [-0.2, -0.15) is 0 Å². The van der Waals surface area contributed by atoms with Gasteiger partial charge in [0.25, 0.3) is 5.56 Å². The van der Waals surface area contributed by atoms with E-state index in [2.05, 4.69) is 30.9 Å². The molecule has 0 radical (unpaired) electrons. The number of rotatable bonds is 1. The minimum absolute atomic E-state index is 0.201. The number of hydrogen-bond acceptors (Lipinski definition) is 3. The quantitative estimate of drug-likeness (QED) is 0.752. The van der Waals surface area contributed by atoms with Crippen LogP contribution in [0.3, 0.4) is 0 Å². The molecule has 18 heavy (non-hydrogen) atoms. The number of hydrogen-bond donors (Lipinski definition) is 1. The highest BCUT2D eigenvalue weighted by molar-refractivity contribution is 9.10. The van der Waals surface area contributed by atoms with Crippen molar-refractivity contribution >= 4 is 26.8 Å². The van der Waals surface area contributed by atoms with Crippen molar-refractivity contribution in [1.29, 1.82) is 0 Å². The molecule has 0 unspecified atom stereocenters. The van der Waals surface area contributed by atoms with Crippen molar-refractivity contribution in [2.75, 3.05) is 0 Å². The van der Waals surface area contributed by atoms with Gasteiger partial charge in [-0.15, -0.1) is 0 Å². The van der Waals surface area contributed by atoms with Gasteiger partial charge in [-0.25, -0.2) is 4.98 Å². The first kappa shape index (κ1) is 11.1. The molecule has 2 aromatic heterocycles. The van der Waals surface area contributed by atoms with Gasteiger partial charge in [0.15, 0.2) is 0 Å². The summed E-state index contributed by atoms with van der Waals surface area (Å²) in [5.74, 6) is 0.521. The summed E-state index contributed by atoms with van der Waals surface area (Å²) in [5, 5.41) is 1.01. The molecule has 0 aliphatic carbocycles. The maximum absolute atomic E-state index is 11.6. The molecule has 0 atom stereocenters. The van der Waals surface area contributed by atoms with E-state index >= 15 is 0 Å². The summed E-state index contributed by atoms with van der Waals surface area (Å²) >= 11 is 3.13. The van der Waals surface area contributed by atoms with Crippen molar-refractivity contribution in [3.63, 3.8) is 0 Å². The Kier molecular flexibility index (Phi) is 2.68. The van der Waals surface area contributed by atoms with Crippen molar-refractivity contribution in [3.05, 3.63) is 57.6 Å². The topological polar surface area (TPSA) is 58.6 Å². The zero-order valence-corrected chi connectivity index (χ0v) is 10.8. The van der Waals surface area contributed by atoms with Crippen LogP contribution in [0.1, 0.15) is 0 Å².